The molecule has 0 radical (unpaired) electrons. The van der Waals surface area contributed by atoms with Gasteiger partial charge in [0.05, 0.1) is 23.4 Å². The fraction of sp³-hybridized carbons (Fsp3) is 0.188. The third-order valence-corrected chi connectivity index (χ3v) is 6.49. The van der Waals surface area contributed by atoms with Crippen LogP contribution < -0.4 is 4.74 Å². The van der Waals surface area contributed by atoms with Gasteiger partial charge in [0.2, 0.25) is 0 Å². The van der Waals surface area contributed by atoms with Gasteiger partial charge in [0.1, 0.15) is 11.4 Å². The summed E-state index contributed by atoms with van der Waals surface area (Å²) >= 11 is 0. The molecule has 0 aromatic heterocycles. The van der Waals surface area contributed by atoms with Crippen molar-refractivity contribution in [2.45, 2.75) is 33.0 Å². The summed E-state index contributed by atoms with van der Waals surface area (Å²) in [6.07, 6.45) is 1.54. The molecule has 0 fully saturated rings. The number of fused-ring (bicyclic) bond motifs is 1. The summed E-state index contributed by atoms with van der Waals surface area (Å²) < 4.78 is 77.0. The summed E-state index contributed by atoms with van der Waals surface area (Å²) in [5.41, 5.74) is 2.71. The number of hydrogen-bond acceptors (Lipinski definition) is 3. The van der Waals surface area contributed by atoms with Gasteiger partial charge in [-0.05, 0) is 67.3 Å². The van der Waals surface area contributed by atoms with Crippen LogP contribution in [0.25, 0.3) is 33.9 Å². The van der Waals surface area contributed by atoms with Crippen molar-refractivity contribution in [2.75, 3.05) is 6.61 Å². The second-order valence-corrected chi connectivity index (χ2v) is 9.86. The molecular weight excluding hydrogens is 537 g/mol. The highest BCUT2D eigenvalue weighted by molar-refractivity contribution is 5.70. The van der Waals surface area contributed by atoms with E-state index < -0.39 is 23.4 Å². The van der Waals surface area contributed by atoms with Gasteiger partial charge in [-0.25, -0.2) is 18.7 Å². The summed E-state index contributed by atoms with van der Waals surface area (Å²) in [5.74, 6) is -1.72. The largest absolute Gasteiger partial charge is 0.493 e. The van der Waals surface area contributed by atoms with Crippen LogP contribution >= 0.6 is 0 Å². The molecule has 41 heavy (non-hydrogen) atoms. The van der Waals surface area contributed by atoms with Crippen LogP contribution in [0.5, 0.6) is 5.75 Å². The Morgan fingerprint density at radius 1 is 0.902 bits per heavy atom. The molecule has 0 spiro atoms. The normalized spacial score (nSPS) is 11.6. The third-order valence-electron chi connectivity index (χ3n) is 6.49. The fourth-order valence-corrected chi connectivity index (χ4v) is 4.47. The van der Waals surface area contributed by atoms with E-state index in [0.29, 0.717) is 36.5 Å². The number of halogens is 5. The predicted octanol–water partition coefficient (Wildman–Crippen LogP) is 8.80. The van der Waals surface area contributed by atoms with E-state index in [1.165, 1.54) is 18.2 Å². The van der Waals surface area contributed by atoms with Gasteiger partial charge in [-0.2, -0.15) is 13.2 Å². The number of aromatic nitrogens is 3. The number of hydrogen-bond donors (Lipinski definition) is 0. The van der Waals surface area contributed by atoms with E-state index in [1.54, 1.807) is 48.8 Å². The Morgan fingerprint density at radius 3 is 2.39 bits per heavy atom. The highest BCUT2D eigenvalue weighted by Crippen LogP contribution is 2.39. The molecule has 0 unspecified atom stereocenters. The molecule has 5 rings (SSSR count). The Hall–Kier alpha value is -4.53. The number of nitrogens with zero attached hydrogens (tertiary/aromatic N) is 3. The Morgan fingerprint density at radius 2 is 1.66 bits per heavy atom. The van der Waals surface area contributed by atoms with Gasteiger partial charge < -0.3 is 9.30 Å². The maximum absolute atomic E-state index is 14.2. The maximum Gasteiger partial charge on any atom is 0.417 e. The van der Waals surface area contributed by atoms with Crippen LogP contribution in [0.15, 0.2) is 90.8 Å². The van der Waals surface area contributed by atoms with Gasteiger partial charge in [0, 0.05) is 18.9 Å². The minimum Gasteiger partial charge on any atom is -0.493 e. The van der Waals surface area contributed by atoms with Gasteiger partial charge in [-0.15, -0.1) is 0 Å². The topological polar surface area (TPSA) is 39.9 Å². The molecule has 0 atom stereocenters. The van der Waals surface area contributed by atoms with Gasteiger partial charge >= 0.3 is 6.18 Å². The van der Waals surface area contributed by atoms with Crippen molar-refractivity contribution in [3.63, 3.8) is 0 Å². The highest BCUT2D eigenvalue weighted by atomic mass is 19.4. The minimum absolute atomic E-state index is 0.0232. The van der Waals surface area contributed by atoms with E-state index in [2.05, 4.69) is 9.97 Å². The molecular formula is C32H26F5N3O. The molecule has 0 amide bonds. The number of pyridine rings is 1. The second kappa shape index (κ2) is 11.5. The molecule has 2 aliphatic heterocycles. The fourth-order valence-electron chi connectivity index (χ4n) is 4.47. The Kier molecular flexibility index (Phi) is 7.88. The van der Waals surface area contributed by atoms with E-state index in [-0.39, 0.29) is 22.7 Å². The lowest BCUT2D eigenvalue weighted by Crippen LogP contribution is -2.08. The smallest absolute Gasteiger partial charge is 0.417 e. The van der Waals surface area contributed by atoms with Crippen molar-refractivity contribution in [1.29, 1.82) is 0 Å². The third kappa shape index (κ3) is 6.45. The summed E-state index contributed by atoms with van der Waals surface area (Å²) in [4.78, 5) is 8.66. The molecule has 4 nitrogen and oxygen atoms in total. The van der Waals surface area contributed by atoms with Crippen LogP contribution in [-0.4, -0.2) is 21.1 Å². The van der Waals surface area contributed by atoms with Crippen molar-refractivity contribution in [3.05, 3.63) is 114 Å². The van der Waals surface area contributed by atoms with E-state index in [4.69, 9.17) is 4.74 Å². The van der Waals surface area contributed by atoms with Crippen LogP contribution in [0.4, 0.5) is 22.0 Å². The van der Waals surface area contributed by atoms with Crippen LogP contribution in [0.1, 0.15) is 31.4 Å². The predicted molar refractivity (Wildman–Crippen MR) is 148 cm³/mol. The lowest BCUT2D eigenvalue weighted by molar-refractivity contribution is -0.137. The quantitative estimate of drug-likeness (QED) is 0.108. The average Bonchev–Trinajstić information content (AvgIpc) is 3.36. The van der Waals surface area contributed by atoms with Crippen LogP contribution in [0, 0.1) is 11.6 Å². The second-order valence-electron chi connectivity index (χ2n) is 9.86. The summed E-state index contributed by atoms with van der Waals surface area (Å²) in [6, 6.07) is 16.4. The molecule has 2 aliphatic rings. The molecule has 210 valence electrons. The lowest BCUT2D eigenvalue weighted by atomic mass is 9.98. The summed E-state index contributed by atoms with van der Waals surface area (Å²) in [7, 11) is 0. The van der Waals surface area contributed by atoms with E-state index >= 15 is 0 Å². The van der Waals surface area contributed by atoms with E-state index in [9.17, 15) is 22.0 Å². The van der Waals surface area contributed by atoms with Crippen molar-refractivity contribution < 1.29 is 26.7 Å². The number of benzene rings is 3. The zero-order valence-electron chi connectivity index (χ0n) is 22.3. The van der Waals surface area contributed by atoms with E-state index in [0.717, 1.165) is 23.3 Å². The summed E-state index contributed by atoms with van der Waals surface area (Å²) in [5, 5.41) is 0. The van der Waals surface area contributed by atoms with Gasteiger partial charge in [0.15, 0.2) is 17.5 Å². The zero-order valence-corrected chi connectivity index (χ0v) is 22.3. The number of ether oxygens (including phenoxy) is 1. The molecule has 0 N–H and O–H groups in total. The average molecular weight is 564 g/mol. The number of allylic oxidation sites excluding steroid dienone is 1. The highest BCUT2D eigenvalue weighted by Gasteiger charge is 2.34. The Bertz CT molecular complexity index is 1670. The van der Waals surface area contributed by atoms with Crippen molar-refractivity contribution in [1.82, 2.24) is 14.5 Å². The molecule has 0 saturated heterocycles. The van der Waals surface area contributed by atoms with Gasteiger partial charge in [0.25, 0.3) is 0 Å². The molecule has 0 bridgehead atoms. The summed E-state index contributed by atoms with van der Waals surface area (Å²) in [6.45, 7) is 4.61. The molecule has 9 heteroatoms. The van der Waals surface area contributed by atoms with Gasteiger partial charge in [-0.3, -0.25) is 0 Å². The molecule has 2 heterocycles. The monoisotopic (exact) mass is 563 g/mol. The number of rotatable bonds is 8. The first kappa shape index (κ1) is 28.0. The van der Waals surface area contributed by atoms with Crippen LogP contribution in [-0.2, 0) is 12.7 Å². The molecule has 0 saturated carbocycles. The maximum atomic E-state index is 14.2. The van der Waals surface area contributed by atoms with E-state index in [1.807, 2.05) is 24.5 Å². The standard InChI is InChI=1S/C32H26F5N3O/c1-20(2)5-4-16-41-23-12-13-24(26(17-23)32(35,36)37)22-10-8-21(9-11-22)18-40-15-14-28-29(19-40)39-31(38-28)25-6-3-7-27(33)30(25)34/h3,5-15,17,19H,4,16,18H2,1-2H3. The number of alkyl halides is 3. The first-order valence-corrected chi connectivity index (χ1v) is 12.9. The number of imidazole rings is 1. The van der Waals surface area contributed by atoms with Gasteiger partial charge in [-0.1, -0.05) is 48.0 Å². The lowest BCUT2D eigenvalue weighted by Gasteiger charge is -2.16. The Labute approximate surface area is 234 Å². The van der Waals surface area contributed by atoms with Crippen molar-refractivity contribution in [3.8, 4) is 39.7 Å². The minimum atomic E-state index is -4.55. The zero-order chi connectivity index (χ0) is 29.1. The van der Waals surface area contributed by atoms with Crippen LogP contribution in [0.2, 0.25) is 0 Å². The Balaban J connectivity index is 1.34. The van der Waals surface area contributed by atoms with Crippen molar-refractivity contribution in [2.24, 2.45) is 0 Å². The molecule has 0 aliphatic carbocycles. The SMILES string of the molecule is CC(C)=CCCOc1ccc(-c2ccc(Cn3ccc4nc(-c5cccc(F)c5F)nc-4c3)cc2)c(C(F)(F)F)c1. The van der Waals surface area contributed by atoms with Crippen molar-refractivity contribution >= 4 is 0 Å². The first-order chi connectivity index (χ1) is 19.6. The first-order valence-electron chi connectivity index (χ1n) is 12.9. The molecule has 3 aromatic rings. The molecule has 3 aromatic carbocycles. The van der Waals surface area contributed by atoms with Crippen LogP contribution in [0.3, 0.4) is 0 Å².